The molecular formula is C20H25N3O2. The van der Waals surface area contributed by atoms with Gasteiger partial charge in [0.1, 0.15) is 0 Å². The van der Waals surface area contributed by atoms with Gasteiger partial charge in [0.25, 0.3) is 0 Å². The van der Waals surface area contributed by atoms with E-state index in [2.05, 4.69) is 22.6 Å². The van der Waals surface area contributed by atoms with Gasteiger partial charge in [-0.3, -0.25) is 9.59 Å². The maximum Gasteiger partial charge on any atom is 0.239 e. The summed E-state index contributed by atoms with van der Waals surface area (Å²) < 4.78 is 0. The third-order valence-corrected chi connectivity index (χ3v) is 4.76. The molecule has 5 nitrogen and oxygen atoms in total. The maximum atomic E-state index is 12.2. The van der Waals surface area contributed by atoms with Crippen LogP contribution in [0.15, 0.2) is 42.5 Å². The predicted molar refractivity (Wildman–Crippen MR) is 99.3 cm³/mol. The predicted octanol–water partition coefficient (Wildman–Crippen LogP) is 1.71. The average molecular weight is 339 g/mol. The minimum absolute atomic E-state index is 0.0376. The summed E-state index contributed by atoms with van der Waals surface area (Å²) in [5.41, 5.74) is 0.978. The van der Waals surface area contributed by atoms with Crippen LogP contribution in [0, 0.1) is 0 Å². The Balaban J connectivity index is 1.48. The van der Waals surface area contributed by atoms with Crippen molar-refractivity contribution >= 4 is 22.6 Å². The number of likely N-dealkylation sites (tertiary alicyclic amines) is 1. The van der Waals surface area contributed by atoms with Crippen LogP contribution in [-0.2, 0) is 16.0 Å². The van der Waals surface area contributed by atoms with Crippen LogP contribution in [0.5, 0.6) is 0 Å². The van der Waals surface area contributed by atoms with E-state index in [1.54, 1.807) is 0 Å². The first kappa shape index (κ1) is 17.4. The zero-order chi connectivity index (χ0) is 17.6. The zero-order valence-electron chi connectivity index (χ0n) is 14.6. The first-order chi connectivity index (χ1) is 12.1. The molecule has 0 unspecified atom stereocenters. The van der Waals surface area contributed by atoms with Gasteiger partial charge in [0.2, 0.25) is 11.8 Å². The lowest BCUT2D eigenvalue weighted by molar-refractivity contribution is -0.126. The number of nitrogens with zero attached hydrogens (tertiary/aromatic N) is 1. The summed E-state index contributed by atoms with van der Waals surface area (Å²) in [5.74, 6) is -0.240. The Morgan fingerprint density at radius 1 is 1.04 bits per heavy atom. The van der Waals surface area contributed by atoms with Crippen molar-refractivity contribution in [2.24, 2.45) is 0 Å². The van der Waals surface area contributed by atoms with E-state index in [4.69, 9.17) is 0 Å². The molecule has 3 rings (SSSR count). The Labute approximate surface area is 148 Å². The van der Waals surface area contributed by atoms with Crippen LogP contribution in [0.1, 0.15) is 18.4 Å². The molecule has 0 bridgehead atoms. The van der Waals surface area contributed by atoms with Crippen LogP contribution in [0.25, 0.3) is 10.8 Å². The molecule has 2 N–H and O–H groups in total. The van der Waals surface area contributed by atoms with Crippen molar-refractivity contribution in [3.63, 3.8) is 0 Å². The largest absolute Gasteiger partial charge is 0.352 e. The Kier molecular flexibility index (Phi) is 5.66. The maximum absolute atomic E-state index is 12.2. The summed E-state index contributed by atoms with van der Waals surface area (Å²) in [6.07, 6.45) is 2.21. The normalized spacial score (nSPS) is 15.9. The standard InChI is InChI=1S/C20H25N3O2/c1-23-11-9-17(10-12-23)22-20(25)14-21-19(24)13-16-7-4-6-15-5-2-3-8-18(15)16/h2-8,17H,9-14H2,1H3,(H,21,24)(H,22,25). The van der Waals surface area contributed by atoms with Gasteiger partial charge in [-0.15, -0.1) is 0 Å². The molecule has 132 valence electrons. The summed E-state index contributed by atoms with van der Waals surface area (Å²) >= 11 is 0. The topological polar surface area (TPSA) is 61.4 Å². The Morgan fingerprint density at radius 3 is 2.56 bits per heavy atom. The summed E-state index contributed by atoms with van der Waals surface area (Å²) in [7, 11) is 2.09. The highest BCUT2D eigenvalue weighted by molar-refractivity contribution is 5.91. The van der Waals surface area contributed by atoms with Crippen LogP contribution >= 0.6 is 0 Å². The third-order valence-electron chi connectivity index (χ3n) is 4.76. The van der Waals surface area contributed by atoms with Crippen molar-refractivity contribution in [1.82, 2.24) is 15.5 Å². The molecule has 1 fully saturated rings. The first-order valence-electron chi connectivity index (χ1n) is 8.83. The van der Waals surface area contributed by atoms with E-state index in [1.165, 1.54) is 0 Å². The number of fused-ring (bicyclic) bond motifs is 1. The van der Waals surface area contributed by atoms with Gasteiger partial charge in [0.15, 0.2) is 0 Å². The number of nitrogens with one attached hydrogen (secondary N) is 2. The van der Waals surface area contributed by atoms with Crippen molar-refractivity contribution in [3.05, 3.63) is 48.0 Å². The molecule has 0 aromatic heterocycles. The second kappa shape index (κ2) is 8.12. The average Bonchev–Trinajstić information content (AvgIpc) is 2.62. The van der Waals surface area contributed by atoms with Crippen LogP contribution in [0.2, 0.25) is 0 Å². The number of hydrogen-bond acceptors (Lipinski definition) is 3. The Morgan fingerprint density at radius 2 is 1.76 bits per heavy atom. The van der Waals surface area contributed by atoms with Crippen molar-refractivity contribution < 1.29 is 9.59 Å². The highest BCUT2D eigenvalue weighted by atomic mass is 16.2. The van der Waals surface area contributed by atoms with Gasteiger partial charge >= 0.3 is 0 Å². The molecule has 2 aromatic rings. The molecule has 1 saturated heterocycles. The van der Waals surface area contributed by atoms with Crippen molar-refractivity contribution in [2.45, 2.75) is 25.3 Å². The summed E-state index contributed by atoms with van der Waals surface area (Å²) in [4.78, 5) is 26.5. The molecule has 0 atom stereocenters. The fourth-order valence-corrected chi connectivity index (χ4v) is 3.29. The summed E-state index contributed by atoms with van der Waals surface area (Å²) in [6.45, 7) is 2.03. The Hall–Kier alpha value is -2.40. The molecule has 2 amide bonds. The van der Waals surface area contributed by atoms with Crippen LogP contribution in [-0.4, -0.2) is 49.4 Å². The van der Waals surface area contributed by atoms with Gasteiger partial charge in [-0.2, -0.15) is 0 Å². The molecule has 0 spiro atoms. The molecule has 5 heteroatoms. The number of rotatable bonds is 5. The lowest BCUT2D eigenvalue weighted by atomic mass is 10.0. The molecular weight excluding hydrogens is 314 g/mol. The SMILES string of the molecule is CN1CCC(NC(=O)CNC(=O)Cc2cccc3ccccc23)CC1. The van der Waals surface area contributed by atoms with Crippen molar-refractivity contribution in [2.75, 3.05) is 26.7 Å². The number of carbonyl (C=O) groups is 2. The number of benzene rings is 2. The first-order valence-corrected chi connectivity index (χ1v) is 8.83. The van der Waals surface area contributed by atoms with Crippen molar-refractivity contribution in [1.29, 1.82) is 0 Å². The minimum Gasteiger partial charge on any atom is -0.352 e. The fraction of sp³-hybridized carbons (Fsp3) is 0.400. The molecule has 0 aliphatic carbocycles. The van der Waals surface area contributed by atoms with Crippen LogP contribution in [0.4, 0.5) is 0 Å². The van der Waals surface area contributed by atoms with Gasteiger partial charge in [0.05, 0.1) is 13.0 Å². The molecule has 0 saturated carbocycles. The van der Waals surface area contributed by atoms with Crippen LogP contribution < -0.4 is 10.6 Å². The number of amides is 2. The van der Waals surface area contributed by atoms with E-state index in [1.807, 2.05) is 42.5 Å². The third kappa shape index (κ3) is 4.79. The molecule has 1 aliphatic heterocycles. The zero-order valence-corrected chi connectivity index (χ0v) is 14.6. The second-order valence-electron chi connectivity index (χ2n) is 6.74. The van der Waals surface area contributed by atoms with E-state index < -0.39 is 0 Å². The highest BCUT2D eigenvalue weighted by Gasteiger charge is 2.18. The number of carbonyl (C=O) groups excluding carboxylic acids is 2. The van der Waals surface area contributed by atoms with Gasteiger partial charge in [-0.25, -0.2) is 0 Å². The van der Waals surface area contributed by atoms with Gasteiger partial charge < -0.3 is 15.5 Å². The summed E-state index contributed by atoms with van der Waals surface area (Å²) in [6, 6.07) is 14.2. The van der Waals surface area contributed by atoms with Gasteiger partial charge in [-0.05, 0) is 49.3 Å². The second-order valence-corrected chi connectivity index (χ2v) is 6.74. The van der Waals surface area contributed by atoms with Crippen LogP contribution in [0.3, 0.4) is 0 Å². The number of piperidine rings is 1. The van der Waals surface area contributed by atoms with Crippen molar-refractivity contribution in [3.8, 4) is 0 Å². The minimum atomic E-state index is -0.130. The van der Waals surface area contributed by atoms with E-state index in [0.29, 0.717) is 0 Å². The van der Waals surface area contributed by atoms with E-state index in [0.717, 1.165) is 42.3 Å². The monoisotopic (exact) mass is 339 g/mol. The number of hydrogen-bond donors (Lipinski definition) is 2. The van der Waals surface area contributed by atoms with E-state index in [-0.39, 0.29) is 30.8 Å². The summed E-state index contributed by atoms with van der Waals surface area (Å²) in [5, 5.41) is 7.94. The molecule has 25 heavy (non-hydrogen) atoms. The lowest BCUT2D eigenvalue weighted by Gasteiger charge is -2.29. The molecule has 1 aliphatic rings. The van der Waals surface area contributed by atoms with E-state index in [9.17, 15) is 9.59 Å². The fourth-order valence-electron chi connectivity index (χ4n) is 3.29. The van der Waals surface area contributed by atoms with E-state index >= 15 is 0 Å². The Bertz CT molecular complexity index is 746. The molecule has 1 heterocycles. The smallest absolute Gasteiger partial charge is 0.239 e. The molecule has 2 aromatic carbocycles. The molecule has 0 radical (unpaired) electrons. The lowest BCUT2D eigenvalue weighted by Crippen LogP contribution is -2.46. The highest BCUT2D eigenvalue weighted by Crippen LogP contribution is 2.18. The van der Waals surface area contributed by atoms with Gasteiger partial charge in [0, 0.05) is 6.04 Å². The quantitative estimate of drug-likeness (QED) is 0.872. The van der Waals surface area contributed by atoms with Gasteiger partial charge in [-0.1, -0.05) is 42.5 Å².